The van der Waals surface area contributed by atoms with Crippen molar-refractivity contribution in [2.45, 2.75) is 12.8 Å². The number of aryl methyl sites for hydroxylation is 1. The predicted octanol–water partition coefficient (Wildman–Crippen LogP) is 4.90. The molecule has 0 atom stereocenters. The number of carbonyl (C=O) groups is 1. The van der Waals surface area contributed by atoms with Crippen molar-refractivity contribution < 1.29 is 9.18 Å². The molecule has 3 aromatic carbocycles. The number of anilines is 1. The Morgan fingerprint density at radius 3 is 1.96 bits per heavy atom. The molecule has 0 fully saturated rings. The molecule has 0 unspecified atom stereocenters. The molecule has 24 heavy (non-hydrogen) atoms. The summed E-state index contributed by atoms with van der Waals surface area (Å²) in [4.78, 5) is 12.9. The van der Waals surface area contributed by atoms with Crippen LogP contribution in [0.3, 0.4) is 0 Å². The third kappa shape index (κ3) is 3.51. The minimum Gasteiger partial charge on any atom is -0.325 e. The molecule has 3 rings (SSSR count). The second-order valence-corrected chi connectivity index (χ2v) is 5.70. The van der Waals surface area contributed by atoms with Crippen LogP contribution in [0.15, 0.2) is 78.9 Å². The van der Waals surface area contributed by atoms with Crippen LogP contribution in [0.4, 0.5) is 10.1 Å². The summed E-state index contributed by atoms with van der Waals surface area (Å²) in [6.45, 7) is 1.84. The van der Waals surface area contributed by atoms with Crippen LogP contribution in [0, 0.1) is 12.7 Å². The molecule has 3 aromatic rings. The van der Waals surface area contributed by atoms with Crippen LogP contribution in [-0.2, 0) is 4.79 Å². The van der Waals surface area contributed by atoms with E-state index in [1.807, 2.05) is 67.6 Å². The highest BCUT2D eigenvalue weighted by Gasteiger charge is 2.23. The number of halogens is 1. The summed E-state index contributed by atoms with van der Waals surface area (Å²) in [6.07, 6.45) is 0. The van der Waals surface area contributed by atoms with Crippen molar-refractivity contribution in [2.75, 3.05) is 5.32 Å². The van der Waals surface area contributed by atoms with Gasteiger partial charge in [0, 0.05) is 5.69 Å². The van der Waals surface area contributed by atoms with Gasteiger partial charge in [0.15, 0.2) is 0 Å². The van der Waals surface area contributed by atoms with Crippen LogP contribution in [0.5, 0.6) is 0 Å². The van der Waals surface area contributed by atoms with Crippen molar-refractivity contribution in [3.63, 3.8) is 0 Å². The van der Waals surface area contributed by atoms with E-state index in [0.717, 1.165) is 16.7 Å². The second kappa shape index (κ2) is 7.09. The van der Waals surface area contributed by atoms with Crippen LogP contribution >= 0.6 is 0 Å². The Hall–Kier alpha value is -2.94. The smallest absolute Gasteiger partial charge is 0.236 e. The van der Waals surface area contributed by atoms with E-state index in [-0.39, 0.29) is 11.7 Å². The Bertz CT molecular complexity index is 791. The molecule has 0 aliphatic rings. The highest BCUT2D eigenvalue weighted by Crippen LogP contribution is 2.27. The molecule has 0 aliphatic carbocycles. The van der Waals surface area contributed by atoms with Gasteiger partial charge in [-0.05, 0) is 35.7 Å². The van der Waals surface area contributed by atoms with E-state index in [9.17, 15) is 9.18 Å². The van der Waals surface area contributed by atoms with E-state index in [1.54, 1.807) is 6.07 Å². The van der Waals surface area contributed by atoms with E-state index in [4.69, 9.17) is 0 Å². The topological polar surface area (TPSA) is 29.1 Å². The summed E-state index contributed by atoms with van der Waals surface area (Å²) in [6, 6.07) is 23.6. The van der Waals surface area contributed by atoms with Gasteiger partial charge >= 0.3 is 0 Å². The minimum absolute atomic E-state index is 0.180. The SMILES string of the molecule is Cc1ccc(F)cc1NC(=O)C(c1ccccc1)c1ccccc1. The number of hydrogen-bond acceptors (Lipinski definition) is 1. The number of nitrogens with one attached hydrogen (secondary N) is 1. The van der Waals surface area contributed by atoms with Crippen molar-refractivity contribution in [1.29, 1.82) is 0 Å². The fourth-order valence-corrected chi connectivity index (χ4v) is 2.72. The Kier molecular flexibility index (Phi) is 4.71. The highest BCUT2D eigenvalue weighted by atomic mass is 19.1. The summed E-state index contributed by atoms with van der Waals surface area (Å²) in [5, 5.41) is 2.87. The maximum Gasteiger partial charge on any atom is 0.236 e. The largest absolute Gasteiger partial charge is 0.325 e. The summed E-state index contributed by atoms with van der Waals surface area (Å²) < 4.78 is 13.5. The number of benzene rings is 3. The van der Waals surface area contributed by atoms with Gasteiger partial charge in [0.05, 0.1) is 5.92 Å². The van der Waals surface area contributed by atoms with E-state index in [1.165, 1.54) is 12.1 Å². The maximum absolute atomic E-state index is 13.5. The number of hydrogen-bond donors (Lipinski definition) is 1. The first-order chi connectivity index (χ1) is 11.6. The molecule has 0 heterocycles. The van der Waals surface area contributed by atoms with Gasteiger partial charge in [0.25, 0.3) is 0 Å². The zero-order valence-electron chi connectivity index (χ0n) is 13.4. The minimum atomic E-state index is -0.449. The van der Waals surface area contributed by atoms with Crippen molar-refractivity contribution >= 4 is 11.6 Å². The normalized spacial score (nSPS) is 10.6. The molecule has 3 heteroatoms. The first-order valence-corrected chi connectivity index (χ1v) is 7.82. The number of carbonyl (C=O) groups excluding carboxylic acids is 1. The van der Waals surface area contributed by atoms with Crippen LogP contribution in [0.2, 0.25) is 0 Å². The summed E-state index contributed by atoms with van der Waals surface area (Å²) in [5.41, 5.74) is 3.12. The molecule has 0 saturated carbocycles. The van der Waals surface area contributed by atoms with Gasteiger partial charge in [-0.15, -0.1) is 0 Å². The predicted molar refractivity (Wildman–Crippen MR) is 94.5 cm³/mol. The summed E-state index contributed by atoms with van der Waals surface area (Å²) in [5.74, 6) is -0.997. The molecular weight excluding hydrogens is 301 g/mol. The van der Waals surface area contributed by atoms with E-state index in [0.29, 0.717) is 5.69 Å². The maximum atomic E-state index is 13.5. The van der Waals surface area contributed by atoms with Gasteiger partial charge < -0.3 is 5.32 Å². The number of rotatable bonds is 4. The van der Waals surface area contributed by atoms with Gasteiger partial charge in [-0.3, -0.25) is 4.79 Å². The van der Waals surface area contributed by atoms with E-state index < -0.39 is 5.92 Å². The fourth-order valence-electron chi connectivity index (χ4n) is 2.72. The lowest BCUT2D eigenvalue weighted by Crippen LogP contribution is -2.22. The van der Waals surface area contributed by atoms with Crippen molar-refractivity contribution in [1.82, 2.24) is 0 Å². The zero-order chi connectivity index (χ0) is 16.9. The molecule has 120 valence electrons. The van der Waals surface area contributed by atoms with Crippen LogP contribution < -0.4 is 5.32 Å². The monoisotopic (exact) mass is 319 g/mol. The molecule has 0 bridgehead atoms. The highest BCUT2D eigenvalue weighted by molar-refractivity contribution is 5.98. The first kappa shape index (κ1) is 15.9. The average molecular weight is 319 g/mol. The molecule has 0 radical (unpaired) electrons. The Morgan fingerprint density at radius 1 is 0.875 bits per heavy atom. The molecule has 0 spiro atoms. The van der Waals surface area contributed by atoms with Crippen LogP contribution in [0.25, 0.3) is 0 Å². The van der Waals surface area contributed by atoms with Gasteiger partial charge in [0.2, 0.25) is 5.91 Å². The Morgan fingerprint density at radius 2 is 1.42 bits per heavy atom. The fraction of sp³-hybridized carbons (Fsp3) is 0.0952. The molecule has 0 saturated heterocycles. The molecule has 0 aromatic heterocycles. The standard InChI is InChI=1S/C21H18FNO/c1-15-12-13-18(22)14-19(15)23-21(24)20(16-8-4-2-5-9-16)17-10-6-3-7-11-17/h2-14,20H,1H3,(H,23,24). The lowest BCUT2D eigenvalue weighted by Gasteiger charge is -2.18. The van der Waals surface area contributed by atoms with Crippen LogP contribution in [0.1, 0.15) is 22.6 Å². The van der Waals surface area contributed by atoms with Crippen molar-refractivity contribution in [3.05, 3.63) is 101 Å². The Labute approximate surface area is 141 Å². The Balaban J connectivity index is 1.97. The summed E-state index contributed by atoms with van der Waals surface area (Å²) in [7, 11) is 0. The zero-order valence-corrected chi connectivity index (χ0v) is 13.4. The second-order valence-electron chi connectivity index (χ2n) is 5.70. The third-order valence-electron chi connectivity index (χ3n) is 3.99. The molecule has 1 amide bonds. The van der Waals surface area contributed by atoms with Crippen LogP contribution in [-0.4, -0.2) is 5.91 Å². The molecular formula is C21H18FNO. The third-order valence-corrected chi connectivity index (χ3v) is 3.99. The van der Waals surface area contributed by atoms with E-state index >= 15 is 0 Å². The summed E-state index contributed by atoms with van der Waals surface area (Å²) >= 11 is 0. The lowest BCUT2D eigenvalue weighted by molar-refractivity contribution is -0.116. The van der Waals surface area contributed by atoms with Gasteiger partial charge in [0.1, 0.15) is 5.82 Å². The van der Waals surface area contributed by atoms with Gasteiger partial charge in [-0.25, -0.2) is 4.39 Å². The number of amides is 1. The average Bonchev–Trinajstić information content (AvgIpc) is 2.60. The van der Waals surface area contributed by atoms with E-state index in [2.05, 4.69) is 5.32 Å². The lowest BCUT2D eigenvalue weighted by atomic mass is 9.90. The molecule has 1 N–H and O–H groups in total. The molecule has 2 nitrogen and oxygen atoms in total. The molecule has 0 aliphatic heterocycles. The van der Waals surface area contributed by atoms with Crippen molar-refractivity contribution in [3.8, 4) is 0 Å². The van der Waals surface area contributed by atoms with Crippen molar-refractivity contribution in [2.24, 2.45) is 0 Å². The van der Waals surface area contributed by atoms with Gasteiger partial charge in [-0.1, -0.05) is 66.7 Å². The quantitative estimate of drug-likeness (QED) is 0.728. The van der Waals surface area contributed by atoms with Gasteiger partial charge in [-0.2, -0.15) is 0 Å². The first-order valence-electron chi connectivity index (χ1n) is 7.82.